The van der Waals surface area contributed by atoms with Crippen molar-refractivity contribution in [3.8, 4) is 0 Å². The van der Waals surface area contributed by atoms with E-state index in [1.54, 1.807) is 6.08 Å². The van der Waals surface area contributed by atoms with Gasteiger partial charge in [0.25, 0.3) is 0 Å². The number of nitrogens with two attached hydrogens (primary N) is 1. The maximum atomic E-state index is 11.9. The van der Waals surface area contributed by atoms with E-state index in [2.05, 4.69) is 5.32 Å². The highest BCUT2D eigenvalue weighted by molar-refractivity contribution is 6.02. The standard InChI is InChI=1S/C17H18N2O/c1-12-7-8-14(11-15(12)18)9-10-17(20)19-16-6-4-3-5-13(16)2/h3-11H,18H2,1-2H3,(H,19,20)/b10-9+. The fraction of sp³-hybridized carbons (Fsp3) is 0.118. The van der Waals surface area contributed by atoms with Gasteiger partial charge in [-0.15, -0.1) is 0 Å². The molecule has 0 atom stereocenters. The summed E-state index contributed by atoms with van der Waals surface area (Å²) >= 11 is 0. The number of benzene rings is 2. The lowest BCUT2D eigenvalue weighted by Crippen LogP contribution is -2.08. The number of para-hydroxylation sites is 1. The van der Waals surface area contributed by atoms with Gasteiger partial charge in [0, 0.05) is 17.5 Å². The fourth-order valence-corrected chi connectivity index (χ4v) is 1.82. The molecule has 0 fully saturated rings. The molecule has 3 N–H and O–H groups in total. The molecule has 2 aromatic carbocycles. The highest BCUT2D eigenvalue weighted by Gasteiger charge is 2.00. The number of rotatable bonds is 3. The van der Waals surface area contributed by atoms with Crippen LogP contribution in [0.5, 0.6) is 0 Å². The fourth-order valence-electron chi connectivity index (χ4n) is 1.82. The van der Waals surface area contributed by atoms with Crippen molar-refractivity contribution in [1.82, 2.24) is 0 Å². The van der Waals surface area contributed by atoms with Gasteiger partial charge in [-0.1, -0.05) is 30.3 Å². The molecule has 102 valence electrons. The Hall–Kier alpha value is -2.55. The smallest absolute Gasteiger partial charge is 0.248 e. The van der Waals surface area contributed by atoms with Crippen LogP contribution in [0, 0.1) is 13.8 Å². The Bertz CT molecular complexity index is 660. The number of hydrogen-bond donors (Lipinski definition) is 2. The third-order valence-electron chi connectivity index (χ3n) is 3.13. The van der Waals surface area contributed by atoms with E-state index in [0.29, 0.717) is 0 Å². The molecule has 0 aliphatic carbocycles. The van der Waals surface area contributed by atoms with Crippen LogP contribution in [0.4, 0.5) is 11.4 Å². The third-order valence-corrected chi connectivity index (χ3v) is 3.13. The summed E-state index contributed by atoms with van der Waals surface area (Å²) in [5.74, 6) is -0.154. The zero-order chi connectivity index (χ0) is 14.5. The van der Waals surface area contributed by atoms with Crippen LogP contribution in [0.15, 0.2) is 48.5 Å². The summed E-state index contributed by atoms with van der Waals surface area (Å²) in [5.41, 5.74) is 10.4. The zero-order valence-corrected chi connectivity index (χ0v) is 11.7. The van der Waals surface area contributed by atoms with Crippen molar-refractivity contribution >= 4 is 23.4 Å². The lowest BCUT2D eigenvalue weighted by molar-refractivity contribution is -0.111. The van der Waals surface area contributed by atoms with Gasteiger partial charge in [0.2, 0.25) is 5.91 Å². The summed E-state index contributed by atoms with van der Waals surface area (Å²) in [6, 6.07) is 13.4. The molecule has 1 amide bonds. The van der Waals surface area contributed by atoms with Crippen molar-refractivity contribution in [3.63, 3.8) is 0 Å². The zero-order valence-electron chi connectivity index (χ0n) is 11.7. The van der Waals surface area contributed by atoms with Crippen molar-refractivity contribution in [2.24, 2.45) is 0 Å². The lowest BCUT2D eigenvalue weighted by Gasteiger charge is -2.05. The van der Waals surface area contributed by atoms with Gasteiger partial charge in [0.15, 0.2) is 0 Å². The molecule has 0 bridgehead atoms. The summed E-state index contributed by atoms with van der Waals surface area (Å²) in [4.78, 5) is 11.9. The molecule has 0 saturated carbocycles. The largest absolute Gasteiger partial charge is 0.398 e. The second-order valence-electron chi connectivity index (χ2n) is 4.75. The second kappa shape index (κ2) is 6.06. The predicted octanol–water partition coefficient (Wildman–Crippen LogP) is 3.54. The Labute approximate surface area is 119 Å². The summed E-state index contributed by atoms with van der Waals surface area (Å²) in [5, 5.41) is 2.85. The van der Waals surface area contributed by atoms with Crippen LogP contribution >= 0.6 is 0 Å². The number of carbonyl (C=O) groups is 1. The van der Waals surface area contributed by atoms with E-state index in [4.69, 9.17) is 5.73 Å². The maximum absolute atomic E-state index is 11.9. The van der Waals surface area contributed by atoms with Crippen molar-refractivity contribution in [3.05, 3.63) is 65.2 Å². The van der Waals surface area contributed by atoms with Gasteiger partial charge in [-0.25, -0.2) is 0 Å². The van der Waals surface area contributed by atoms with Crippen LogP contribution in [-0.2, 0) is 4.79 Å². The Morgan fingerprint density at radius 1 is 1.10 bits per heavy atom. The number of anilines is 2. The van der Waals surface area contributed by atoms with Gasteiger partial charge in [-0.05, 0) is 48.7 Å². The minimum atomic E-state index is -0.154. The second-order valence-corrected chi connectivity index (χ2v) is 4.75. The molecule has 0 spiro atoms. The molecule has 3 nitrogen and oxygen atoms in total. The molecular formula is C17H18N2O. The number of hydrogen-bond acceptors (Lipinski definition) is 2. The first kappa shape index (κ1) is 13.9. The number of aryl methyl sites for hydroxylation is 2. The topological polar surface area (TPSA) is 55.1 Å². The molecule has 0 unspecified atom stereocenters. The van der Waals surface area contributed by atoms with Crippen LogP contribution in [-0.4, -0.2) is 5.91 Å². The summed E-state index contributed by atoms with van der Waals surface area (Å²) in [6.07, 6.45) is 3.26. The molecule has 20 heavy (non-hydrogen) atoms. The molecular weight excluding hydrogens is 248 g/mol. The lowest BCUT2D eigenvalue weighted by atomic mass is 10.1. The quantitative estimate of drug-likeness (QED) is 0.659. The van der Waals surface area contributed by atoms with Crippen molar-refractivity contribution in [2.75, 3.05) is 11.1 Å². The van der Waals surface area contributed by atoms with Gasteiger partial charge in [0.05, 0.1) is 0 Å². The summed E-state index contributed by atoms with van der Waals surface area (Å²) < 4.78 is 0. The Kier molecular flexibility index (Phi) is 4.20. The van der Waals surface area contributed by atoms with E-state index in [-0.39, 0.29) is 5.91 Å². The Morgan fingerprint density at radius 2 is 1.85 bits per heavy atom. The van der Waals surface area contributed by atoms with Crippen LogP contribution in [0.3, 0.4) is 0 Å². The third kappa shape index (κ3) is 3.48. The first-order valence-corrected chi connectivity index (χ1v) is 6.47. The average Bonchev–Trinajstić information content (AvgIpc) is 2.43. The molecule has 0 saturated heterocycles. The molecule has 0 heterocycles. The van der Waals surface area contributed by atoms with Crippen molar-refractivity contribution < 1.29 is 4.79 Å². The number of amides is 1. The number of nitrogen functional groups attached to an aromatic ring is 1. The van der Waals surface area contributed by atoms with Crippen molar-refractivity contribution in [1.29, 1.82) is 0 Å². The van der Waals surface area contributed by atoms with Gasteiger partial charge < -0.3 is 11.1 Å². The maximum Gasteiger partial charge on any atom is 0.248 e. The van der Waals surface area contributed by atoms with Crippen LogP contribution in [0.1, 0.15) is 16.7 Å². The van der Waals surface area contributed by atoms with E-state index in [1.165, 1.54) is 6.08 Å². The minimum Gasteiger partial charge on any atom is -0.398 e. The highest BCUT2D eigenvalue weighted by Crippen LogP contribution is 2.15. The highest BCUT2D eigenvalue weighted by atomic mass is 16.1. The van der Waals surface area contributed by atoms with Crippen LogP contribution in [0.25, 0.3) is 6.08 Å². The van der Waals surface area contributed by atoms with E-state index in [0.717, 1.165) is 28.1 Å². The molecule has 2 aromatic rings. The average molecular weight is 266 g/mol. The van der Waals surface area contributed by atoms with Gasteiger partial charge in [0.1, 0.15) is 0 Å². The van der Waals surface area contributed by atoms with Crippen LogP contribution in [0.2, 0.25) is 0 Å². The van der Waals surface area contributed by atoms with Gasteiger partial charge in [-0.3, -0.25) is 4.79 Å². The monoisotopic (exact) mass is 266 g/mol. The molecule has 3 heteroatoms. The SMILES string of the molecule is Cc1ccc(/C=C/C(=O)Nc2ccccc2C)cc1N. The first-order valence-electron chi connectivity index (χ1n) is 6.47. The normalized spacial score (nSPS) is 10.7. The Morgan fingerprint density at radius 3 is 2.55 bits per heavy atom. The molecule has 2 rings (SSSR count). The van der Waals surface area contributed by atoms with E-state index >= 15 is 0 Å². The molecule has 0 aliphatic heterocycles. The Balaban J connectivity index is 2.06. The van der Waals surface area contributed by atoms with Crippen molar-refractivity contribution in [2.45, 2.75) is 13.8 Å². The first-order chi connectivity index (χ1) is 9.56. The molecule has 0 radical (unpaired) electrons. The summed E-state index contributed by atoms with van der Waals surface area (Å²) in [6.45, 7) is 3.91. The van der Waals surface area contributed by atoms with E-state index < -0.39 is 0 Å². The van der Waals surface area contributed by atoms with Gasteiger partial charge in [-0.2, -0.15) is 0 Å². The van der Waals surface area contributed by atoms with E-state index in [9.17, 15) is 4.79 Å². The van der Waals surface area contributed by atoms with Gasteiger partial charge >= 0.3 is 0 Å². The minimum absolute atomic E-state index is 0.154. The number of nitrogens with one attached hydrogen (secondary N) is 1. The van der Waals surface area contributed by atoms with E-state index in [1.807, 2.05) is 56.3 Å². The summed E-state index contributed by atoms with van der Waals surface area (Å²) in [7, 11) is 0. The predicted molar refractivity (Wildman–Crippen MR) is 84.4 cm³/mol. The van der Waals surface area contributed by atoms with Crippen LogP contribution < -0.4 is 11.1 Å². The molecule has 0 aromatic heterocycles. The molecule has 0 aliphatic rings. The number of carbonyl (C=O) groups excluding carboxylic acids is 1.